The summed E-state index contributed by atoms with van der Waals surface area (Å²) in [5, 5.41) is 0. The Labute approximate surface area is 87.0 Å². The van der Waals surface area contributed by atoms with E-state index in [0.29, 0.717) is 5.92 Å². The Balaban J connectivity index is 4.04. The maximum atomic E-state index is 11.4. The smallest absolute Gasteiger partial charge is 0.236 e. The van der Waals surface area contributed by atoms with Crippen LogP contribution >= 0.6 is 0 Å². The molecule has 0 aliphatic carbocycles. The van der Waals surface area contributed by atoms with E-state index in [1.54, 1.807) is 0 Å². The van der Waals surface area contributed by atoms with Gasteiger partial charge in [0.25, 0.3) is 0 Å². The number of rotatable bonds is 6. The lowest BCUT2D eigenvalue weighted by atomic mass is 10.2. The van der Waals surface area contributed by atoms with Gasteiger partial charge in [-0.05, 0) is 20.0 Å². The molecule has 0 spiro atoms. The summed E-state index contributed by atoms with van der Waals surface area (Å²) in [6, 6.07) is 0. The quantitative estimate of drug-likeness (QED) is 0.657. The lowest BCUT2D eigenvalue weighted by Gasteiger charge is -2.25. The second-order valence-electron chi connectivity index (χ2n) is 4.24. The fourth-order valence-corrected chi connectivity index (χ4v) is 1.21. The van der Waals surface area contributed by atoms with Crippen molar-refractivity contribution in [2.24, 2.45) is 11.7 Å². The minimum Gasteiger partial charge on any atom is -0.340 e. The molecule has 0 bridgehead atoms. The Bertz CT molecular complexity index is 169. The van der Waals surface area contributed by atoms with Gasteiger partial charge in [0, 0.05) is 19.6 Å². The van der Waals surface area contributed by atoms with E-state index in [1.165, 1.54) is 0 Å². The van der Waals surface area contributed by atoms with Gasteiger partial charge < -0.3 is 15.5 Å². The van der Waals surface area contributed by atoms with Crippen LogP contribution in [-0.4, -0.2) is 56.0 Å². The molecule has 4 nitrogen and oxygen atoms in total. The first-order chi connectivity index (χ1) is 6.47. The van der Waals surface area contributed by atoms with Gasteiger partial charge in [0.2, 0.25) is 5.91 Å². The molecule has 2 N–H and O–H groups in total. The molecule has 0 atom stereocenters. The van der Waals surface area contributed by atoms with Gasteiger partial charge in [0.05, 0.1) is 6.54 Å². The van der Waals surface area contributed by atoms with E-state index in [1.807, 2.05) is 19.0 Å². The van der Waals surface area contributed by atoms with Crippen molar-refractivity contribution in [3.05, 3.63) is 0 Å². The molecular formula is C10H23N3O. The van der Waals surface area contributed by atoms with Gasteiger partial charge in [-0.15, -0.1) is 0 Å². The molecule has 0 aliphatic heterocycles. The van der Waals surface area contributed by atoms with Crippen LogP contribution in [-0.2, 0) is 4.79 Å². The van der Waals surface area contributed by atoms with E-state index in [4.69, 9.17) is 5.73 Å². The van der Waals surface area contributed by atoms with Crippen molar-refractivity contribution in [2.75, 3.05) is 40.3 Å². The molecule has 14 heavy (non-hydrogen) atoms. The van der Waals surface area contributed by atoms with E-state index in [-0.39, 0.29) is 12.5 Å². The van der Waals surface area contributed by atoms with Crippen LogP contribution in [0.5, 0.6) is 0 Å². The second-order valence-corrected chi connectivity index (χ2v) is 4.24. The van der Waals surface area contributed by atoms with Crippen LogP contribution in [0.4, 0.5) is 0 Å². The van der Waals surface area contributed by atoms with Crippen molar-refractivity contribution in [2.45, 2.75) is 13.8 Å². The largest absolute Gasteiger partial charge is 0.340 e. The van der Waals surface area contributed by atoms with E-state index in [0.717, 1.165) is 19.6 Å². The molecule has 84 valence electrons. The summed E-state index contributed by atoms with van der Waals surface area (Å²) in [5.74, 6) is 0.535. The van der Waals surface area contributed by atoms with Gasteiger partial charge in [0.15, 0.2) is 0 Å². The third-order valence-electron chi connectivity index (χ3n) is 1.93. The molecule has 0 radical (unpaired) electrons. The van der Waals surface area contributed by atoms with Crippen LogP contribution in [0.1, 0.15) is 13.8 Å². The van der Waals surface area contributed by atoms with Crippen molar-refractivity contribution in [1.82, 2.24) is 9.80 Å². The zero-order valence-electron chi connectivity index (χ0n) is 9.79. The highest BCUT2D eigenvalue weighted by molar-refractivity contribution is 5.78. The molecule has 0 saturated carbocycles. The van der Waals surface area contributed by atoms with Gasteiger partial charge in [-0.1, -0.05) is 13.8 Å². The zero-order chi connectivity index (χ0) is 11.1. The molecule has 0 aromatic rings. The van der Waals surface area contributed by atoms with E-state index >= 15 is 0 Å². The standard InChI is InChI=1S/C10H23N3O/c1-9(2)8-13(10(14)7-11)6-5-12(3)4/h9H,5-8,11H2,1-4H3. The van der Waals surface area contributed by atoms with Gasteiger partial charge in [-0.2, -0.15) is 0 Å². The Morgan fingerprint density at radius 1 is 1.29 bits per heavy atom. The van der Waals surface area contributed by atoms with E-state index in [2.05, 4.69) is 18.7 Å². The highest BCUT2D eigenvalue weighted by Crippen LogP contribution is 1.98. The summed E-state index contributed by atoms with van der Waals surface area (Å²) >= 11 is 0. The second kappa shape index (κ2) is 6.79. The Hall–Kier alpha value is -0.610. The van der Waals surface area contributed by atoms with Crippen molar-refractivity contribution in [3.63, 3.8) is 0 Å². The average Bonchev–Trinajstić information content (AvgIpc) is 2.10. The molecule has 0 unspecified atom stereocenters. The highest BCUT2D eigenvalue weighted by atomic mass is 16.2. The Morgan fingerprint density at radius 3 is 2.21 bits per heavy atom. The number of nitrogens with two attached hydrogens (primary N) is 1. The Kier molecular flexibility index (Phi) is 6.49. The first kappa shape index (κ1) is 13.4. The molecule has 0 heterocycles. The molecule has 0 saturated heterocycles. The minimum atomic E-state index is 0.0422. The van der Waals surface area contributed by atoms with Gasteiger partial charge >= 0.3 is 0 Å². The number of hydrogen-bond donors (Lipinski definition) is 1. The van der Waals surface area contributed by atoms with E-state index < -0.39 is 0 Å². The third-order valence-corrected chi connectivity index (χ3v) is 1.93. The van der Waals surface area contributed by atoms with E-state index in [9.17, 15) is 4.79 Å². The summed E-state index contributed by atoms with van der Waals surface area (Å²) in [6.45, 7) is 6.77. The number of hydrogen-bond acceptors (Lipinski definition) is 3. The number of carbonyl (C=O) groups is 1. The van der Waals surface area contributed by atoms with Gasteiger partial charge in [-0.3, -0.25) is 4.79 Å². The van der Waals surface area contributed by atoms with Crippen molar-refractivity contribution in [1.29, 1.82) is 0 Å². The number of likely N-dealkylation sites (N-methyl/N-ethyl adjacent to an activating group) is 1. The maximum Gasteiger partial charge on any atom is 0.236 e. The monoisotopic (exact) mass is 201 g/mol. The fraction of sp³-hybridized carbons (Fsp3) is 0.900. The van der Waals surface area contributed by atoms with Crippen molar-refractivity contribution in [3.8, 4) is 0 Å². The molecule has 4 heteroatoms. The number of amides is 1. The van der Waals surface area contributed by atoms with Crippen LogP contribution in [0.25, 0.3) is 0 Å². The summed E-state index contributed by atoms with van der Waals surface area (Å²) in [7, 11) is 4.00. The first-order valence-electron chi connectivity index (χ1n) is 5.10. The predicted octanol–water partition coefficient (Wildman–Crippen LogP) is -0.00870. The summed E-state index contributed by atoms with van der Waals surface area (Å²) < 4.78 is 0. The minimum absolute atomic E-state index is 0.0422. The van der Waals surface area contributed by atoms with Gasteiger partial charge in [-0.25, -0.2) is 0 Å². The SMILES string of the molecule is CC(C)CN(CCN(C)C)C(=O)CN. The summed E-state index contributed by atoms with van der Waals surface area (Å²) in [6.07, 6.45) is 0. The maximum absolute atomic E-state index is 11.4. The summed E-state index contributed by atoms with van der Waals surface area (Å²) in [4.78, 5) is 15.3. The first-order valence-corrected chi connectivity index (χ1v) is 5.10. The molecule has 1 amide bonds. The molecule has 0 aromatic heterocycles. The molecule has 0 fully saturated rings. The topological polar surface area (TPSA) is 49.6 Å². The molecule has 0 aromatic carbocycles. The van der Waals surface area contributed by atoms with Gasteiger partial charge in [0.1, 0.15) is 0 Å². The zero-order valence-corrected chi connectivity index (χ0v) is 9.79. The Morgan fingerprint density at radius 2 is 1.86 bits per heavy atom. The van der Waals surface area contributed by atoms with Crippen LogP contribution in [0.2, 0.25) is 0 Å². The fourth-order valence-electron chi connectivity index (χ4n) is 1.21. The lowest BCUT2D eigenvalue weighted by Crippen LogP contribution is -2.42. The van der Waals surface area contributed by atoms with Crippen LogP contribution < -0.4 is 5.73 Å². The molecule has 0 rings (SSSR count). The third kappa shape index (κ3) is 5.94. The van der Waals surface area contributed by atoms with Crippen LogP contribution in [0, 0.1) is 5.92 Å². The van der Waals surface area contributed by atoms with Crippen LogP contribution in [0.3, 0.4) is 0 Å². The molecule has 0 aliphatic rings. The summed E-state index contributed by atoms with van der Waals surface area (Å²) in [5.41, 5.74) is 5.35. The lowest BCUT2D eigenvalue weighted by molar-refractivity contribution is -0.130. The average molecular weight is 201 g/mol. The normalized spacial score (nSPS) is 11.1. The number of carbonyl (C=O) groups excluding carboxylic acids is 1. The van der Waals surface area contributed by atoms with Crippen LogP contribution in [0.15, 0.2) is 0 Å². The number of nitrogens with zero attached hydrogens (tertiary/aromatic N) is 2. The van der Waals surface area contributed by atoms with Crippen molar-refractivity contribution < 1.29 is 4.79 Å². The van der Waals surface area contributed by atoms with Crippen molar-refractivity contribution >= 4 is 5.91 Å². The molecular weight excluding hydrogens is 178 g/mol. The highest BCUT2D eigenvalue weighted by Gasteiger charge is 2.12. The predicted molar refractivity (Wildman–Crippen MR) is 59.0 cm³/mol.